The van der Waals surface area contributed by atoms with Crippen molar-refractivity contribution in [3.8, 4) is 11.4 Å². The summed E-state index contributed by atoms with van der Waals surface area (Å²) in [5.41, 5.74) is 2.44. The summed E-state index contributed by atoms with van der Waals surface area (Å²) in [6, 6.07) is 13.2. The van der Waals surface area contributed by atoms with E-state index >= 15 is 0 Å². The number of likely N-dealkylation sites (tertiary alicyclic amines) is 1. The van der Waals surface area contributed by atoms with Gasteiger partial charge in [0.15, 0.2) is 0 Å². The lowest BCUT2D eigenvalue weighted by molar-refractivity contribution is -0.114. The zero-order chi connectivity index (χ0) is 20.4. The predicted molar refractivity (Wildman–Crippen MR) is 104 cm³/mol. The molecule has 2 N–H and O–H groups in total. The summed E-state index contributed by atoms with van der Waals surface area (Å²) in [6.45, 7) is 2.55. The van der Waals surface area contributed by atoms with Crippen molar-refractivity contribution in [1.29, 1.82) is 0 Å². The predicted octanol–water partition coefficient (Wildman–Crippen LogP) is 3.14. The monoisotopic (exact) mass is 396 g/mol. The normalized spacial score (nSPS) is 19.4. The van der Waals surface area contributed by atoms with Crippen molar-refractivity contribution in [1.82, 2.24) is 15.0 Å². The fourth-order valence-electron chi connectivity index (χ4n) is 3.53. The topological polar surface area (TPSA) is 91.5 Å². The van der Waals surface area contributed by atoms with E-state index in [2.05, 4.69) is 20.4 Å². The van der Waals surface area contributed by atoms with E-state index < -0.39 is 6.10 Å². The molecule has 150 valence electrons. The molecule has 7 nitrogen and oxygen atoms in total. The van der Waals surface area contributed by atoms with E-state index in [1.165, 1.54) is 19.1 Å². The first-order chi connectivity index (χ1) is 14.0. The van der Waals surface area contributed by atoms with Crippen molar-refractivity contribution in [3.05, 3.63) is 65.8 Å². The molecule has 0 unspecified atom stereocenters. The van der Waals surface area contributed by atoms with Gasteiger partial charge in [0.05, 0.1) is 12.1 Å². The number of aliphatic hydroxyl groups is 1. The molecule has 1 amide bonds. The molecule has 8 heteroatoms. The molecule has 0 aliphatic carbocycles. The van der Waals surface area contributed by atoms with Crippen LogP contribution in [0.1, 0.15) is 30.8 Å². The molecular weight excluding hydrogens is 375 g/mol. The van der Waals surface area contributed by atoms with Crippen LogP contribution in [0.5, 0.6) is 0 Å². The molecule has 1 aliphatic rings. The van der Waals surface area contributed by atoms with Crippen molar-refractivity contribution >= 4 is 11.6 Å². The highest BCUT2D eigenvalue weighted by atomic mass is 19.1. The molecule has 2 heterocycles. The van der Waals surface area contributed by atoms with Crippen LogP contribution in [0.15, 0.2) is 53.1 Å². The molecule has 1 fully saturated rings. The number of hydrogen-bond donors (Lipinski definition) is 2. The highest BCUT2D eigenvalue weighted by Crippen LogP contribution is 2.33. The van der Waals surface area contributed by atoms with Crippen molar-refractivity contribution in [3.63, 3.8) is 0 Å². The molecule has 2 atom stereocenters. The van der Waals surface area contributed by atoms with E-state index in [1.807, 2.05) is 24.3 Å². The molecule has 3 aromatic rings. The molecule has 0 bridgehead atoms. The quantitative estimate of drug-likeness (QED) is 0.689. The first kappa shape index (κ1) is 19.2. The van der Waals surface area contributed by atoms with Gasteiger partial charge in [-0.05, 0) is 48.4 Å². The minimum absolute atomic E-state index is 0.117. The van der Waals surface area contributed by atoms with Gasteiger partial charge in [0.25, 0.3) is 0 Å². The number of β-amino-alcohol motifs (C(OH)–C–C–N with tert-alkyl or cyclic N) is 1. The minimum Gasteiger partial charge on any atom is -0.392 e. The van der Waals surface area contributed by atoms with Crippen LogP contribution < -0.4 is 5.32 Å². The van der Waals surface area contributed by atoms with Gasteiger partial charge in [-0.1, -0.05) is 17.3 Å². The summed E-state index contributed by atoms with van der Waals surface area (Å²) in [6.07, 6.45) is 0.00879. The zero-order valence-electron chi connectivity index (χ0n) is 15.9. The summed E-state index contributed by atoms with van der Waals surface area (Å²) in [5.74, 6) is 0.373. The number of rotatable bonds is 5. The first-order valence-corrected chi connectivity index (χ1v) is 9.36. The Morgan fingerprint density at radius 2 is 1.97 bits per heavy atom. The Balaban J connectivity index is 1.49. The lowest BCUT2D eigenvalue weighted by Crippen LogP contribution is -2.24. The number of carbonyl (C=O) groups is 1. The van der Waals surface area contributed by atoms with Crippen molar-refractivity contribution < 1.29 is 18.8 Å². The van der Waals surface area contributed by atoms with Gasteiger partial charge in [-0.25, -0.2) is 4.39 Å². The summed E-state index contributed by atoms with van der Waals surface area (Å²) < 4.78 is 18.6. The van der Waals surface area contributed by atoms with E-state index in [0.29, 0.717) is 36.8 Å². The SMILES string of the molecule is CC(=O)Nc1ccc(CN2C[C@H](O)C[C@H]2c2nc(-c3ccc(F)cc3)no2)cc1. The van der Waals surface area contributed by atoms with Crippen molar-refractivity contribution in [2.24, 2.45) is 0 Å². The third-order valence-corrected chi connectivity index (χ3v) is 4.87. The molecule has 0 radical (unpaired) electrons. The maximum Gasteiger partial charge on any atom is 0.244 e. The van der Waals surface area contributed by atoms with E-state index in [-0.39, 0.29) is 17.8 Å². The number of hydrogen-bond acceptors (Lipinski definition) is 6. The van der Waals surface area contributed by atoms with Gasteiger partial charge in [-0.2, -0.15) is 4.98 Å². The Kier molecular flexibility index (Phi) is 5.37. The van der Waals surface area contributed by atoms with Crippen molar-refractivity contribution in [2.75, 3.05) is 11.9 Å². The first-order valence-electron chi connectivity index (χ1n) is 9.36. The second kappa shape index (κ2) is 8.10. The Hall–Kier alpha value is -3.10. The van der Waals surface area contributed by atoms with Crippen LogP contribution in [-0.4, -0.2) is 38.7 Å². The summed E-state index contributed by atoms with van der Waals surface area (Å²) in [7, 11) is 0. The zero-order valence-corrected chi connectivity index (χ0v) is 15.9. The van der Waals surface area contributed by atoms with E-state index in [9.17, 15) is 14.3 Å². The lowest BCUT2D eigenvalue weighted by atomic mass is 10.1. The van der Waals surface area contributed by atoms with E-state index in [4.69, 9.17) is 4.52 Å². The van der Waals surface area contributed by atoms with Crippen LogP contribution in [0.3, 0.4) is 0 Å². The summed E-state index contributed by atoms with van der Waals surface area (Å²) >= 11 is 0. The average molecular weight is 396 g/mol. The van der Waals surface area contributed by atoms with Gasteiger partial charge in [-0.15, -0.1) is 0 Å². The molecule has 1 aliphatic heterocycles. The van der Waals surface area contributed by atoms with Gasteiger partial charge in [-0.3, -0.25) is 9.69 Å². The number of amides is 1. The molecule has 0 spiro atoms. The highest BCUT2D eigenvalue weighted by molar-refractivity contribution is 5.88. The summed E-state index contributed by atoms with van der Waals surface area (Å²) in [5, 5.41) is 16.9. The number of benzene rings is 2. The van der Waals surface area contributed by atoms with Gasteiger partial charge in [0.1, 0.15) is 5.82 Å². The molecule has 1 saturated heterocycles. The molecular formula is C21H21FN4O3. The molecule has 0 saturated carbocycles. The third-order valence-electron chi connectivity index (χ3n) is 4.87. The number of nitrogens with zero attached hydrogens (tertiary/aromatic N) is 3. The molecule has 4 rings (SSSR count). The van der Waals surface area contributed by atoms with Crippen LogP contribution >= 0.6 is 0 Å². The fraction of sp³-hybridized carbons (Fsp3) is 0.286. The van der Waals surface area contributed by atoms with E-state index in [1.54, 1.807) is 12.1 Å². The van der Waals surface area contributed by atoms with Crippen LogP contribution in [0.2, 0.25) is 0 Å². The maximum absolute atomic E-state index is 13.1. The standard InChI is InChI=1S/C21H21FN4O3/c1-13(27)23-17-8-2-14(3-9-17)11-26-12-18(28)10-19(26)21-24-20(25-29-21)15-4-6-16(22)7-5-15/h2-9,18-19,28H,10-12H2,1H3,(H,23,27)/t18-,19+/m1/s1. The van der Waals surface area contributed by atoms with Gasteiger partial charge in [0, 0.05) is 31.3 Å². The smallest absolute Gasteiger partial charge is 0.244 e. The second-order valence-electron chi connectivity index (χ2n) is 7.18. The average Bonchev–Trinajstić information content (AvgIpc) is 3.30. The number of carbonyl (C=O) groups excluding carboxylic acids is 1. The summed E-state index contributed by atoms with van der Waals surface area (Å²) in [4.78, 5) is 17.7. The number of nitrogens with one attached hydrogen (secondary N) is 1. The van der Waals surface area contributed by atoms with Crippen molar-refractivity contribution in [2.45, 2.75) is 32.0 Å². The molecule has 2 aromatic carbocycles. The van der Waals surface area contributed by atoms with Gasteiger partial charge >= 0.3 is 0 Å². The molecule has 1 aromatic heterocycles. The second-order valence-corrected chi connectivity index (χ2v) is 7.18. The van der Waals surface area contributed by atoms with Crippen LogP contribution in [0, 0.1) is 5.82 Å². The van der Waals surface area contributed by atoms with Crippen LogP contribution in [0.4, 0.5) is 10.1 Å². The third kappa shape index (κ3) is 4.49. The fourth-order valence-corrected chi connectivity index (χ4v) is 3.53. The maximum atomic E-state index is 13.1. The number of halogens is 1. The minimum atomic E-state index is -0.486. The lowest BCUT2D eigenvalue weighted by Gasteiger charge is -2.21. The van der Waals surface area contributed by atoms with E-state index in [0.717, 1.165) is 11.3 Å². The Morgan fingerprint density at radius 3 is 2.66 bits per heavy atom. The molecule has 29 heavy (non-hydrogen) atoms. The number of aliphatic hydroxyl groups excluding tert-OH is 1. The van der Waals surface area contributed by atoms with Gasteiger partial charge < -0.3 is 14.9 Å². The Morgan fingerprint density at radius 1 is 1.24 bits per heavy atom. The Labute approximate surface area is 167 Å². The number of aromatic nitrogens is 2. The number of anilines is 1. The van der Waals surface area contributed by atoms with Crippen LogP contribution in [-0.2, 0) is 11.3 Å². The Bertz CT molecular complexity index is 988. The largest absolute Gasteiger partial charge is 0.392 e. The van der Waals surface area contributed by atoms with Crippen LogP contribution in [0.25, 0.3) is 11.4 Å². The van der Waals surface area contributed by atoms with Gasteiger partial charge in [0.2, 0.25) is 17.6 Å². The highest BCUT2D eigenvalue weighted by Gasteiger charge is 2.35.